The zero-order chi connectivity index (χ0) is 13.5. The lowest BCUT2D eigenvalue weighted by molar-refractivity contribution is -0.137. The van der Waals surface area contributed by atoms with E-state index < -0.39 is 5.97 Å². The standard InChI is InChI=1S/C13H24N2O3/c1-9-5-3-4-6-11(9)15-13(18)14-10(2)7-8-12(16)17/h9-11H,3-8H2,1-2H3,(H,16,17)(H2,14,15,18). The zero-order valence-corrected chi connectivity index (χ0v) is 11.2. The van der Waals surface area contributed by atoms with Crippen LogP contribution < -0.4 is 10.6 Å². The first-order valence-corrected chi connectivity index (χ1v) is 6.78. The van der Waals surface area contributed by atoms with Crippen LogP contribution in [-0.2, 0) is 4.79 Å². The summed E-state index contributed by atoms with van der Waals surface area (Å²) in [6.45, 7) is 3.99. The lowest BCUT2D eigenvalue weighted by Crippen LogP contribution is -2.48. The van der Waals surface area contributed by atoms with Crippen molar-refractivity contribution in [1.29, 1.82) is 0 Å². The number of carbonyl (C=O) groups excluding carboxylic acids is 1. The third kappa shape index (κ3) is 5.38. The molecule has 1 fully saturated rings. The lowest BCUT2D eigenvalue weighted by Gasteiger charge is -2.30. The summed E-state index contributed by atoms with van der Waals surface area (Å²) in [5, 5.41) is 14.3. The number of nitrogens with one attached hydrogen (secondary N) is 2. The van der Waals surface area contributed by atoms with Crippen LogP contribution in [0.5, 0.6) is 0 Å². The molecule has 5 heteroatoms. The van der Waals surface area contributed by atoms with Gasteiger partial charge in [-0.3, -0.25) is 4.79 Å². The molecule has 104 valence electrons. The van der Waals surface area contributed by atoms with Gasteiger partial charge in [0, 0.05) is 18.5 Å². The molecule has 18 heavy (non-hydrogen) atoms. The van der Waals surface area contributed by atoms with Crippen LogP contribution in [-0.4, -0.2) is 29.2 Å². The molecule has 0 spiro atoms. The molecule has 1 aliphatic carbocycles. The second-order valence-electron chi connectivity index (χ2n) is 5.32. The minimum atomic E-state index is -0.829. The number of carboxylic acids is 1. The van der Waals surface area contributed by atoms with Crippen molar-refractivity contribution in [3.05, 3.63) is 0 Å². The fourth-order valence-corrected chi connectivity index (χ4v) is 2.38. The predicted octanol–water partition coefficient (Wildman–Crippen LogP) is 2.12. The van der Waals surface area contributed by atoms with Gasteiger partial charge in [-0.15, -0.1) is 0 Å². The van der Waals surface area contributed by atoms with Crippen molar-refractivity contribution in [2.45, 2.75) is 64.5 Å². The van der Waals surface area contributed by atoms with Crippen molar-refractivity contribution >= 4 is 12.0 Å². The molecule has 5 nitrogen and oxygen atoms in total. The first kappa shape index (κ1) is 14.8. The average molecular weight is 256 g/mol. The van der Waals surface area contributed by atoms with Crippen molar-refractivity contribution in [3.8, 4) is 0 Å². The fraction of sp³-hybridized carbons (Fsp3) is 0.846. The van der Waals surface area contributed by atoms with Crippen molar-refractivity contribution in [2.75, 3.05) is 0 Å². The molecular weight excluding hydrogens is 232 g/mol. The molecule has 0 aliphatic heterocycles. The Morgan fingerprint density at radius 1 is 1.33 bits per heavy atom. The van der Waals surface area contributed by atoms with E-state index >= 15 is 0 Å². The molecule has 0 bridgehead atoms. The number of carboxylic acid groups (broad SMARTS) is 1. The molecule has 0 aromatic heterocycles. The van der Waals surface area contributed by atoms with Crippen LogP contribution in [0.15, 0.2) is 0 Å². The highest BCUT2D eigenvalue weighted by Gasteiger charge is 2.23. The largest absolute Gasteiger partial charge is 0.481 e. The van der Waals surface area contributed by atoms with E-state index in [-0.39, 0.29) is 24.5 Å². The third-order valence-electron chi connectivity index (χ3n) is 3.60. The molecule has 0 radical (unpaired) electrons. The van der Waals surface area contributed by atoms with Gasteiger partial charge in [-0.2, -0.15) is 0 Å². The number of carbonyl (C=O) groups is 2. The summed E-state index contributed by atoms with van der Waals surface area (Å²) in [6.07, 6.45) is 5.17. The number of hydrogen-bond acceptors (Lipinski definition) is 2. The fourth-order valence-electron chi connectivity index (χ4n) is 2.38. The van der Waals surface area contributed by atoms with Gasteiger partial charge in [-0.25, -0.2) is 4.79 Å². The van der Waals surface area contributed by atoms with Crippen LogP contribution >= 0.6 is 0 Å². The van der Waals surface area contributed by atoms with Crippen LogP contribution in [0.4, 0.5) is 4.79 Å². The van der Waals surface area contributed by atoms with E-state index in [1.807, 2.05) is 6.92 Å². The van der Waals surface area contributed by atoms with E-state index in [4.69, 9.17) is 5.11 Å². The maximum absolute atomic E-state index is 11.7. The van der Waals surface area contributed by atoms with Gasteiger partial charge in [0.15, 0.2) is 0 Å². The molecule has 0 aromatic rings. The Balaban J connectivity index is 2.25. The third-order valence-corrected chi connectivity index (χ3v) is 3.60. The molecule has 0 heterocycles. The molecule has 3 unspecified atom stereocenters. The first-order valence-electron chi connectivity index (χ1n) is 6.78. The summed E-state index contributed by atoms with van der Waals surface area (Å²) in [4.78, 5) is 22.2. The molecule has 0 aromatic carbocycles. The molecular formula is C13H24N2O3. The molecule has 1 rings (SSSR count). The van der Waals surface area contributed by atoms with E-state index in [1.165, 1.54) is 19.3 Å². The zero-order valence-electron chi connectivity index (χ0n) is 11.2. The summed E-state index contributed by atoms with van der Waals surface area (Å²) < 4.78 is 0. The summed E-state index contributed by atoms with van der Waals surface area (Å²) in [5.41, 5.74) is 0. The first-order chi connectivity index (χ1) is 8.49. The van der Waals surface area contributed by atoms with Gasteiger partial charge < -0.3 is 15.7 Å². The van der Waals surface area contributed by atoms with Crippen molar-refractivity contribution in [3.63, 3.8) is 0 Å². The van der Waals surface area contributed by atoms with Crippen LogP contribution in [0, 0.1) is 5.92 Å². The van der Waals surface area contributed by atoms with Crippen molar-refractivity contribution in [1.82, 2.24) is 10.6 Å². The number of hydrogen-bond donors (Lipinski definition) is 3. The van der Waals surface area contributed by atoms with Crippen LogP contribution in [0.2, 0.25) is 0 Å². The van der Waals surface area contributed by atoms with Crippen LogP contribution in [0.25, 0.3) is 0 Å². The maximum Gasteiger partial charge on any atom is 0.315 e. The number of aliphatic carboxylic acids is 1. The number of urea groups is 1. The van der Waals surface area contributed by atoms with Crippen molar-refractivity contribution < 1.29 is 14.7 Å². The van der Waals surface area contributed by atoms with E-state index in [2.05, 4.69) is 17.6 Å². The van der Waals surface area contributed by atoms with E-state index in [9.17, 15) is 9.59 Å². The smallest absolute Gasteiger partial charge is 0.315 e. The van der Waals surface area contributed by atoms with Gasteiger partial charge >= 0.3 is 12.0 Å². The quantitative estimate of drug-likeness (QED) is 0.705. The van der Waals surface area contributed by atoms with Gasteiger partial charge in [0.1, 0.15) is 0 Å². The van der Waals surface area contributed by atoms with Gasteiger partial charge in [0.05, 0.1) is 0 Å². The van der Waals surface area contributed by atoms with Gasteiger partial charge in [-0.1, -0.05) is 19.8 Å². The SMILES string of the molecule is CC(CCC(=O)O)NC(=O)NC1CCCCC1C. The van der Waals surface area contributed by atoms with Gasteiger partial charge in [0.2, 0.25) is 0 Å². The highest BCUT2D eigenvalue weighted by atomic mass is 16.4. The normalized spacial score (nSPS) is 25.2. The van der Waals surface area contributed by atoms with E-state index in [1.54, 1.807) is 0 Å². The molecule has 0 saturated heterocycles. The Morgan fingerprint density at radius 2 is 2.00 bits per heavy atom. The highest BCUT2D eigenvalue weighted by molar-refractivity contribution is 5.74. The Hall–Kier alpha value is -1.26. The minimum Gasteiger partial charge on any atom is -0.481 e. The second kappa shape index (κ2) is 7.24. The number of rotatable bonds is 5. The second-order valence-corrected chi connectivity index (χ2v) is 5.32. The molecule has 1 saturated carbocycles. The molecule has 2 amide bonds. The molecule has 3 N–H and O–H groups in total. The topological polar surface area (TPSA) is 78.4 Å². The number of amides is 2. The Morgan fingerprint density at radius 3 is 2.61 bits per heavy atom. The Kier molecular flexibility index (Phi) is 5.95. The highest BCUT2D eigenvalue weighted by Crippen LogP contribution is 2.23. The molecule has 1 aliphatic rings. The summed E-state index contributed by atoms with van der Waals surface area (Å²) in [6, 6.07) is -0.0305. The predicted molar refractivity (Wildman–Crippen MR) is 69.4 cm³/mol. The minimum absolute atomic E-state index is 0.0846. The molecule has 3 atom stereocenters. The summed E-state index contributed by atoms with van der Waals surface area (Å²) in [7, 11) is 0. The van der Waals surface area contributed by atoms with Gasteiger partial charge in [-0.05, 0) is 32.1 Å². The lowest BCUT2D eigenvalue weighted by atomic mass is 9.86. The van der Waals surface area contributed by atoms with E-state index in [0.717, 1.165) is 6.42 Å². The van der Waals surface area contributed by atoms with Crippen LogP contribution in [0.1, 0.15) is 52.4 Å². The van der Waals surface area contributed by atoms with E-state index in [0.29, 0.717) is 12.3 Å². The summed E-state index contributed by atoms with van der Waals surface area (Å²) in [5.74, 6) is -0.302. The Bertz CT molecular complexity index is 294. The van der Waals surface area contributed by atoms with Crippen molar-refractivity contribution in [2.24, 2.45) is 5.92 Å². The van der Waals surface area contributed by atoms with Crippen LogP contribution in [0.3, 0.4) is 0 Å². The summed E-state index contributed by atoms with van der Waals surface area (Å²) >= 11 is 0. The maximum atomic E-state index is 11.7. The average Bonchev–Trinajstić information content (AvgIpc) is 2.29. The Labute approximate surface area is 108 Å². The van der Waals surface area contributed by atoms with Gasteiger partial charge in [0.25, 0.3) is 0 Å². The monoisotopic (exact) mass is 256 g/mol.